The summed E-state index contributed by atoms with van der Waals surface area (Å²) in [5, 5.41) is 10.4. The number of para-hydroxylation sites is 1. The van der Waals surface area contributed by atoms with Crippen LogP contribution in [-0.4, -0.2) is 43.3 Å². The maximum atomic E-state index is 10.4. The highest BCUT2D eigenvalue weighted by atomic mass is 16.5. The van der Waals surface area contributed by atoms with E-state index in [1.807, 2.05) is 24.3 Å². The van der Waals surface area contributed by atoms with Crippen LogP contribution in [0.4, 0.5) is 5.69 Å². The molecule has 2 aromatic carbocycles. The number of piperazine rings is 1. The van der Waals surface area contributed by atoms with Crippen LogP contribution in [-0.2, 0) is 0 Å². The van der Waals surface area contributed by atoms with E-state index in [-0.39, 0.29) is 0 Å². The van der Waals surface area contributed by atoms with Crippen molar-refractivity contribution >= 4 is 5.69 Å². The fourth-order valence-electron chi connectivity index (χ4n) is 3.61. The minimum atomic E-state index is -0.433. The van der Waals surface area contributed by atoms with Crippen molar-refractivity contribution in [3.8, 4) is 5.75 Å². The molecule has 1 radical (unpaired) electrons. The Balaban J connectivity index is 1.49. The largest absolute Gasteiger partial charge is 0.497 e. The molecule has 1 heterocycles. The van der Waals surface area contributed by atoms with Crippen molar-refractivity contribution in [3.63, 3.8) is 0 Å². The summed E-state index contributed by atoms with van der Waals surface area (Å²) in [7, 11) is 1.65. The number of hydrogen-bond donors (Lipinski definition) is 1. The van der Waals surface area contributed by atoms with Crippen LogP contribution in [0.2, 0.25) is 0 Å². The molecular formula is C22H29N2O2. The molecule has 1 aliphatic heterocycles. The third-order valence-electron chi connectivity index (χ3n) is 5.16. The average Bonchev–Trinajstić information content (AvgIpc) is 2.67. The maximum Gasteiger partial charge on any atom is 0.118 e. The van der Waals surface area contributed by atoms with E-state index in [1.54, 1.807) is 7.11 Å². The zero-order chi connectivity index (χ0) is 18.5. The molecule has 1 N–H and O–H groups in total. The Bertz CT molecular complexity index is 686. The lowest BCUT2D eigenvalue weighted by Crippen LogP contribution is -2.44. The highest BCUT2D eigenvalue weighted by Crippen LogP contribution is 2.27. The number of anilines is 1. The standard InChI is InChI=1S/C22H29N2O2/c1-17-5-4-6-18(2)22(17)24-15-13-23(14-16-24)12-11-21(25)19-7-9-20(26-3)10-8-19/h4-10,15,21,25H,11-14,16H2,1-3H3. The first-order valence-corrected chi connectivity index (χ1v) is 9.29. The molecule has 0 bridgehead atoms. The van der Waals surface area contributed by atoms with E-state index in [2.05, 4.69) is 48.4 Å². The molecule has 0 spiro atoms. The molecule has 4 nitrogen and oxygen atoms in total. The number of hydrogen-bond acceptors (Lipinski definition) is 4. The van der Waals surface area contributed by atoms with Gasteiger partial charge in [0, 0.05) is 31.9 Å². The fourth-order valence-corrected chi connectivity index (χ4v) is 3.61. The Morgan fingerprint density at radius 1 is 1.04 bits per heavy atom. The summed E-state index contributed by atoms with van der Waals surface area (Å²) in [6.45, 7) is 10.4. The molecule has 1 unspecified atom stereocenters. The molecule has 0 aromatic heterocycles. The summed E-state index contributed by atoms with van der Waals surface area (Å²) in [6.07, 6.45) is 0.307. The number of methoxy groups -OCH3 is 1. The van der Waals surface area contributed by atoms with Crippen molar-refractivity contribution in [1.82, 2.24) is 4.90 Å². The normalized spacial score (nSPS) is 16.5. The van der Waals surface area contributed by atoms with Gasteiger partial charge in [-0.1, -0.05) is 30.3 Å². The molecule has 26 heavy (non-hydrogen) atoms. The van der Waals surface area contributed by atoms with Crippen LogP contribution in [0.3, 0.4) is 0 Å². The molecule has 0 amide bonds. The van der Waals surface area contributed by atoms with Gasteiger partial charge in [-0.3, -0.25) is 4.90 Å². The van der Waals surface area contributed by atoms with Crippen LogP contribution in [0.25, 0.3) is 0 Å². The van der Waals surface area contributed by atoms with Gasteiger partial charge in [-0.05, 0) is 49.1 Å². The highest BCUT2D eigenvalue weighted by Gasteiger charge is 2.20. The first-order valence-electron chi connectivity index (χ1n) is 9.29. The molecule has 1 fully saturated rings. The first-order chi connectivity index (χ1) is 12.6. The summed E-state index contributed by atoms with van der Waals surface area (Å²) >= 11 is 0. The second kappa shape index (κ2) is 8.56. The molecule has 1 saturated heterocycles. The van der Waals surface area contributed by atoms with E-state index >= 15 is 0 Å². The molecule has 2 aromatic rings. The second-order valence-electron chi connectivity index (χ2n) is 6.99. The van der Waals surface area contributed by atoms with E-state index in [0.29, 0.717) is 0 Å². The summed E-state index contributed by atoms with van der Waals surface area (Å²) in [4.78, 5) is 4.78. The Hall–Kier alpha value is -2.04. The Labute approximate surface area is 157 Å². The van der Waals surface area contributed by atoms with Gasteiger partial charge in [-0.25, -0.2) is 0 Å². The Morgan fingerprint density at radius 3 is 2.31 bits per heavy atom. The van der Waals surface area contributed by atoms with Gasteiger partial charge in [0.1, 0.15) is 5.75 Å². The third kappa shape index (κ3) is 4.37. The van der Waals surface area contributed by atoms with E-state index in [9.17, 15) is 5.11 Å². The van der Waals surface area contributed by atoms with Crippen LogP contribution in [0, 0.1) is 20.4 Å². The quantitative estimate of drug-likeness (QED) is 0.859. The van der Waals surface area contributed by atoms with Gasteiger partial charge >= 0.3 is 0 Å². The molecule has 4 heteroatoms. The van der Waals surface area contributed by atoms with Crippen molar-refractivity contribution < 1.29 is 9.84 Å². The lowest BCUT2D eigenvalue weighted by molar-refractivity contribution is 0.142. The summed E-state index contributed by atoms with van der Waals surface area (Å²) in [5.41, 5.74) is 4.93. The van der Waals surface area contributed by atoms with Gasteiger partial charge in [0.2, 0.25) is 0 Å². The summed E-state index contributed by atoms with van der Waals surface area (Å²) in [5.74, 6) is 0.818. The number of nitrogens with zero attached hydrogens (tertiary/aromatic N) is 2. The number of aliphatic hydroxyl groups excluding tert-OH is 1. The van der Waals surface area contributed by atoms with Crippen LogP contribution >= 0.6 is 0 Å². The third-order valence-corrected chi connectivity index (χ3v) is 5.16. The number of rotatable bonds is 6. The fraction of sp³-hybridized carbons (Fsp3) is 0.409. The van der Waals surface area contributed by atoms with E-state index in [1.165, 1.54) is 16.8 Å². The minimum Gasteiger partial charge on any atom is -0.497 e. The van der Waals surface area contributed by atoms with Crippen LogP contribution in [0.5, 0.6) is 5.75 Å². The molecule has 139 valence electrons. The predicted molar refractivity (Wildman–Crippen MR) is 107 cm³/mol. The molecule has 1 aliphatic rings. The Morgan fingerprint density at radius 2 is 1.73 bits per heavy atom. The van der Waals surface area contributed by atoms with Crippen molar-refractivity contribution in [1.29, 1.82) is 0 Å². The molecular weight excluding hydrogens is 324 g/mol. The van der Waals surface area contributed by atoms with Gasteiger partial charge in [0.05, 0.1) is 19.8 Å². The lowest BCUT2D eigenvalue weighted by Gasteiger charge is -2.37. The van der Waals surface area contributed by atoms with Crippen molar-refractivity contribution in [2.24, 2.45) is 0 Å². The van der Waals surface area contributed by atoms with Crippen molar-refractivity contribution in [2.45, 2.75) is 26.4 Å². The number of benzene rings is 2. The predicted octanol–water partition coefficient (Wildman–Crippen LogP) is 3.72. The average molecular weight is 353 g/mol. The zero-order valence-electron chi connectivity index (χ0n) is 16.0. The summed E-state index contributed by atoms with van der Waals surface area (Å²) < 4.78 is 5.17. The van der Waals surface area contributed by atoms with Crippen LogP contribution in [0.15, 0.2) is 42.5 Å². The van der Waals surface area contributed by atoms with Crippen LogP contribution in [0.1, 0.15) is 29.2 Å². The van der Waals surface area contributed by atoms with Gasteiger partial charge < -0.3 is 14.7 Å². The zero-order valence-corrected chi connectivity index (χ0v) is 16.0. The van der Waals surface area contributed by atoms with Crippen LogP contribution < -0.4 is 9.64 Å². The van der Waals surface area contributed by atoms with Gasteiger partial charge in [-0.2, -0.15) is 0 Å². The topological polar surface area (TPSA) is 35.9 Å². The minimum absolute atomic E-state index is 0.433. The van der Waals surface area contributed by atoms with Gasteiger partial charge in [0.15, 0.2) is 0 Å². The monoisotopic (exact) mass is 353 g/mol. The SMILES string of the molecule is COc1ccc(C(O)CCN2C[CH]N(c3c(C)cccc3C)CC2)cc1. The van der Waals surface area contributed by atoms with Crippen molar-refractivity contribution in [3.05, 3.63) is 65.7 Å². The van der Waals surface area contributed by atoms with E-state index < -0.39 is 6.10 Å². The second-order valence-corrected chi connectivity index (χ2v) is 6.99. The Kier molecular flexibility index (Phi) is 6.17. The molecule has 0 saturated carbocycles. The molecule has 0 aliphatic carbocycles. The smallest absolute Gasteiger partial charge is 0.118 e. The van der Waals surface area contributed by atoms with Gasteiger partial charge in [0.25, 0.3) is 0 Å². The molecule has 3 rings (SSSR count). The van der Waals surface area contributed by atoms with E-state index in [0.717, 1.165) is 43.9 Å². The number of ether oxygens (including phenoxy) is 1. The molecule has 1 atom stereocenters. The highest BCUT2D eigenvalue weighted by molar-refractivity contribution is 5.60. The maximum absolute atomic E-state index is 10.4. The number of aryl methyl sites for hydroxylation is 2. The lowest BCUT2D eigenvalue weighted by atomic mass is 10.1. The van der Waals surface area contributed by atoms with E-state index in [4.69, 9.17) is 4.74 Å². The number of aliphatic hydroxyl groups is 1. The summed E-state index contributed by atoms with van der Waals surface area (Å²) in [6, 6.07) is 14.1. The van der Waals surface area contributed by atoms with Gasteiger partial charge in [-0.15, -0.1) is 0 Å². The van der Waals surface area contributed by atoms with Crippen molar-refractivity contribution in [2.75, 3.05) is 38.2 Å². The first kappa shape index (κ1) is 18.7.